The van der Waals surface area contributed by atoms with Crippen molar-refractivity contribution in [2.24, 2.45) is 11.8 Å². The highest BCUT2D eigenvalue weighted by atomic mass is 16.2. The number of anilines is 1. The first kappa shape index (κ1) is 11.6. The number of rotatable bonds is 1. The third-order valence-electron chi connectivity index (χ3n) is 4.46. The lowest BCUT2D eigenvalue weighted by atomic mass is 9.75. The van der Waals surface area contributed by atoms with Crippen LogP contribution in [0.15, 0.2) is 6.20 Å². The number of carbonyl (C=O) groups is 1. The molecule has 1 aliphatic carbocycles. The Morgan fingerprint density at radius 2 is 2.11 bits per heavy atom. The molecule has 1 saturated heterocycles. The highest BCUT2D eigenvalue weighted by Gasteiger charge is 2.33. The first-order valence-corrected chi connectivity index (χ1v) is 6.84. The van der Waals surface area contributed by atoms with E-state index in [2.05, 4.69) is 10.2 Å². The van der Waals surface area contributed by atoms with E-state index in [4.69, 9.17) is 5.73 Å². The van der Waals surface area contributed by atoms with Crippen molar-refractivity contribution in [1.82, 2.24) is 15.1 Å². The summed E-state index contributed by atoms with van der Waals surface area (Å²) in [5, 5.41) is 6.53. The monoisotopic (exact) mass is 248 g/mol. The van der Waals surface area contributed by atoms with Crippen LogP contribution in [0.4, 0.5) is 5.69 Å². The molecule has 3 rings (SSSR count). The van der Waals surface area contributed by atoms with Gasteiger partial charge in [0.05, 0.1) is 11.9 Å². The van der Waals surface area contributed by atoms with E-state index in [1.807, 2.05) is 4.90 Å². The van der Waals surface area contributed by atoms with Gasteiger partial charge in [0.1, 0.15) is 5.69 Å². The molecule has 0 radical (unpaired) electrons. The number of piperidine rings is 1. The second kappa shape index (κ2) is 4.63. The van der Waals surface area contributed by atoms with Crippen LogP contribution in [0.5, 0.6) is 0 Å². The van der Waals surface area contributed by atoms with Crippen LogP contribution in [0.25, 0.3) is 0 Å². The number of nitrogens with zero attached hydrogens (tertiary/aromatic N) is 2. The molecule has 0 spiro atoms. The molecule has 5 nitrogen and oxygen atoms in total. The Balaban J connectivity index is 1.70. The number of hydrogen-bond donors (Lipinski definition) is 2. The molecule has 2 heterocycles. The third kappa shape index (κ3) is 1.98. The van der Waals surface area contributed by atoms with Crippen LogP contribution >= 0.6 is 0 Å². The summed E-state index contributed by atoms with van der Waals surface area (Å²) in [5.74, 6) is 1.54. The van der Waals surface area contributed by atoms with Gasteiger partial charge in [0.2, 0.25) is 0 Å². The molecule has 98 valence electrons. The molecule has 1 aliphatic heterocycles. The largest absolute Gasteiger partial charge is 0.396 e. The summed E-state index contributed by atoms with van der Waals surface area (Å²) >= 11 is 0. The number of hydrogen-bond acceptors (Lipinski definition) is 3. The number of aromatic amines is 1. The van der Waals surface area contributed by atoms with E-state index >= 15 is 0 Å². The SMILES string of the molecule is Nc1cn[nH]c1C(=O)N1CCC2CCCCC2C1. The predicted octanol–water partition coefficient (Wildman–Crippen LogP) is 1.64. The summed E-state index contributed by atoms with van der Waals surface area (Å²) in [6.07, 6.45) is 7.94. The maximum atomic E-state index is 12.3. The van der Waals surface area contributed by atoms with Crippen molar-refractivity contribution in [1.29, 1.82) is 0 Å². The average Bonchev–Trinajstić information content (AvgIpc) is 2.83. The van der Waals surface area contributed by atoms with Gasteiger partial charge in [0.15, 0.2) is 0 Å². The quantitative estimate of drug-likeness (QED) is 0.793. The first-order valence-electron chi connectivity index (χ1n) is 6.84. The van der Waals surface area contributed by atoms with Crippen molar-refractivity contribution < 1.29 is 4.79 Å². The highest BCUT2D eigenvalue weighted by Crippen LogP contribution is 2.36. The molecule has 3 N–H and O–H groups in total. The predicted molar refractivity (Wildman–Crippen MR) is 69.0 cm³/mol. The number of likely N-dealkylation sites (tertiary alicyclic amines) is 1. The Bertz CT molecular complexity index is 442. The number of nitrogens with two attached hydrogens (primary N) is 1. The second-order valence-corrected chi connectivity index (χ2v) is 5.54. The minimum absolute atomic E-state index is 0.00836. The fourth-order valence-electron chi connectivity index (χ4n) is 3.41. The van der Waals surface area contributed by atoms with Gasteiger partial charge in [-0.3, -0.25) is 9.89 Å². The van der Waals surface area contributed by atoms with E-state index in [-0.39, 0.29) is 5.91 Å². The van der Waals surface area contributed by atoms with Crippen LogP contribution in [-0.4, -0.2) is 34.1 Å². The van der Waals surface area contributed by atoms with E-state index in [0.717, 1.165) is 25.4 Å². The number of nitrogen functional groups attached to an aromatic ring is 1. The molecular formula is C13H20N4O. The van der Waals surface area contributed by atoms with Crippen LogP contribution in [0.1, 0.15) is 42.6 Å². The van der Waals surface area contributed by atoms with Crippen LogP contribution in [0.2, 0.25) is 0 Å². The first-order chi connectivity index (χ1) is 8.75. The van der Waals surface area contributed by atoms with E-state index in [1.54, 1.807) is 0 Å². The van der Waals surface area contributed by atoms with E-state index in [0.29, 0.717) is 17.3 Å². The van der Waals surface area contributed by atoms with Gasteiger partial charge in [-0.25, -0.2) is 0 Å². The normalized spacial score (nSPS) is 27.9. The number of carbonyl (C=O) groups excluding carboxylic acids is 1. The van der Waals surface area contributed by atoms with Gasteiger partial charge in [-0.05, 0) is 24.7 Å². The Hall–Kier alpha value is -1.52. The molecule has 1 saturated carbocycles. The van der Waals surface area contributed by atoms with E-state index < -0.39 is 0 Å². The van der Waals surface area contributed by atoms with Crippen molar-refractivity contribution in [3.05, 3.63) is 11.9 Å². The fraction of sp³-hybridized carbons (Fsp3) is 0.692. The van der Waals surface area contributed by atoms with Gasteiger partial charge in [-0.2, -0.15) is 5.10 Å². The number of H-pyrrole nitrogens is 1. The molecule has 2 aliphatic rings. The van der Waals surface area contributed by atoms with Gasteiger partial charge in [0.25, 0.3) is 5.91 Å². The maximum Gasteiger partial charge on any atom is 0.274 e. The smallest absolute Gasteiger partial charge is 0.274 e. The Labute approximate surface area is 107 Å². The Morgan fingerprint density at radius 3 is 2.83 bits per heavy atom. The summed E-state index contributed by atoms with van der Waals surface area (Å²) in [7, 11) is 0. The van der Waals surface area contributed by atoms with E-state index in [1.165, 1.54) is 31.9 Å². The lowest BCUT2D eigenvalue weighted by Gasteiger charge is -2.41. The molecule has 2 fully saturated rings. The molecule has 18 heavy (non-hydrogen) atoms. The maximum absolute atomic E-state index is 12.3. The van der Waals surface area contributed by atoms with Crippen molar-refractivity contribution in [3.8, 4) is 0 Å². The van der Waals surface area contributed by atoms with Crippen molar-refractivity contribution >= 4 is 11.6 Å². The third-order valence-corrected chi connectivity index (χ3v) is 4.46. The summed E-state index contributed by atoms with van der Waals surface area (Å²) in [4.78, 5) is 14.3. The van der Waals surface area contributed by atoms with Gasteiger partial charge in [-0.15, -0.1) is 0 Å². The topological polar surface area (TPSA) is 75.0 Å². The minimum Gasteiger partial charge on any atom is -0.396 e. The van der Waals surface area contributed by atoms with Crippen LogP contribution in [0.3, 0.4) is 0 Å². The summed E-state index contributed by atoms with van der Waals surface area (Å²) in [5.41, 5.74) is 6.64. The number of amides is 1. The second-order valence-electron chi connectivity index (χ2n) is 5.54. The lowest BCUT2D eigenvalue weighted by molar-refractivity contribution is 0.0516. The fourth-order valence-corrected chi connectivity index (χ4v) is 3.41. The zero-order chi connectivity index (χ0) is 12.5. The van der Waals surface area contributed by atoms with Gasteiger partial charge >= 0.3 is 0 Å². The number of aromatic nitrogens is 2. The van der Waals surface area contributed by atoms with Crippen LogP contribution in [0, 0.1) is 11.8 Å². The van der Waals surface area contributed by atoms with Gasteiger partial charge < -0.3 is 10.6 Å². The molecule has 2 atom stereocenters. The molecule has 1 aromatic heterocycles. The van der Waals surface area contributed by atoms with Crippen LogP contribution in [-0.2, 0) is 0 Å². The molecule has 2 unspecified atom stereocenters. The van der Waals surface area contributed by atoms with Gasteiger partial charge in [-0.1, -0.05) is 19.3 Å². The molecule has 0 aromatic carbocycles. The van der Waals surface area contributed by atoms with Crippen LogP contribution < -0.4 is 5.73 Å². The number of nitrogens with one attached hydrogen (secondary N) is 1. The molecule has 1 amide bonds. The van der Waals surface area contributed by atoms with Gasteiger partial charge in [0, 0.05) is 13.1 Å². The molecule has 1 aromatic rings. The Morgan fingerprint density at radius 1 is 1.33 bits per heavy atom. The zero-order valence-corrected chi connectivity index (χ0v) is 10.6. The summed E-state index contributed by atoms with van der Waals surface area (Å²) in [6, 6.07) is 0. The zero-order valence-electron chi connectivity index (χ0n) is 10.6. The van der Waals surface area contributed by atoms with E-state index in [9.17, 15) is 4.79 Å². The van der Waals surface area contributed by atoms with Crippen molar-refractivity contribution in [2.45, 2.75) is 32.1 Å². The summed E-state index contributed by atoms with van der Waals surface area (Å²) in [6.45, 7) is 1.75. The molecule has 5 heteroatoms. The van der Waals surface area contributed by atoms with Crippen molar-refractivity contribution in [3.63, 3.8) is 0 Å². The average molecular weight is 248 g/mol. The minimum atomic E-state index is 0.00836. The lowest BCUT2D eigenvalue weighted by Crippen LogP contribution is -2.45. The Kier molecular flexibility index (Phi) is 2.97. The highest BCUT2D eigenvalue weighted by molar-refractivity contribution is 5.97. The standard InChI is InChI=1S/C13H20N4O/c14-11-7-15-16-12(11)13(18)17-6-5-9-3-1-2-4-10(9)8-17/h7,9-10H,1-6,8,14H2,(H,15,16). The molecule has 0 bridgehead atoms. The summed E-state index contributed by atoms with van der Waals surface area (Å²) < 4.78 is 0. The molecular weight excluding hydrogens is 228 g/mol. The number of fused-ring (bicyclic) bond motifs is 1. The van der Waals surface area contributed by atoms with Crippen molar-refractivity contribution in [2.75, 3.05) is 18.8 Å².